The number of hydrogen-bond donors (Lipinski definition) is 1. The summed E-state index contributed by atoms with van der Waals surface area (Å²) < 4.78 is 44.1. The zero-order chi connectivity index (χ0) is 20.2. The Bertz CT molecular complexity index is 1290. The summed E-state index contributed by atoms with van der Waals surface area (Å²) in [5.41, 5.74) is 6.28. The van der Waals surface area contributed by atoms with Crippen molar-refractivity contribution in [1.29, 1.82) is 0 Å². The van der Waals surface area contributed by atoms with Crippen LogP contribution in [-0.4, -0.2) is 28.7 Å². The number of halogens is 3. The highest BCUT2D eigenvalue weighted by molar-refractivity contribution is 5.80. The lowest BCUT2D eigenvalue weighted by atomic mass is 10.1. The van der Waals surface area contributed by atoms with Crippen molar-refractivity contribution >= 4 is 16.9 Å². The third-order valence-corrected chi connectivity index (χ3v) is 6.98. The maximum absolute atomic E-state index is 14.9. The first-order valence-electron chi connectivity index (χ1n) is 9.51. The van der Waals surface area contributed by atoms with Gasteiger partial charge in [-0.05, 0) is 37.0 Å². The van der Waals surface area contributed by atoms with Crippen LogP contribution < -0.4 is 16.1 Å². The van der Waals surface area contributed by atoms with Gasteiger partial charge in [-0.3, -0.25) is 9.36 Å². The summed E-state index contributed by atoms with van der Waals surface area (Å²) in [6.07, 6.45) is 1.45. The lowest BCUT2D eigenvalue weighted by Gasteiger charge is -2.21. The maximum atomic E-state index is 14.9. The number of pyridine rings is 2. The fraction of sp³-hybridized carbons (Fsp3) is 0.333. The molecule has 148 valence electrons. The minimum atomic E-state index is -0.796. The van der Waals surface area contributed by atoms with Gasteiger partial charge in [0.05, 0.1) is 11.1 Å². The van der Waals surface area contributed by atoms with Gasteiger partial charge in [-0.15, -0.1) is 0 Å². The molecule has 29 heavy (non-hydrogen) atoms. The first kappa shape index (κ1) is 17.0. The molecule has 3 heterocycles. The number of piperidine rings is 1. The number of rotatable bonds is 2. The van der Waals surface area contributed by atoms with E-state index in [1.54, 1.807) is 6.92 Å². The topological polar surface area (TPSA) is 64.2 Å². The summed E-state index contributed by atoms with van der Waals surface area (Å²) in [6, 6.07) is 4.51. The van der Waals surface area contributed by atoms with Crippen LogP contribution in [0.1, 0.15) is 5.56 Å². The molecule has 8 heteroatoms. The molecular weight excluding hydrogens is 381 g/mol. The molecule has 1 spiro atoms. The van der Waals surface area contributed by atoms with E-state index < -0.39 is 17.5 Å². The average molecular weight is 398 g/mol. The highest BCUT2D eigenvalue weighted by atomic mass is 19.1. The Kier molecular flexibility index (Phi) is 3.04. The van der Waals surface area contributed by atoms with E-state index in [1.165, 1.54) is 16.8 Å². The number of benzene rings is 1. The highest BCUT2D eigenvalue weighted by Crippen LogP contribution is 2.81. The molecular formula is C21H17F3N4O. The number of anilines is 1. The molecule has 4 unspecified atom stereocenters. The van der Waals surface area contributed by atoms with Gasteiger partial charge in [0.25, 0.3) is 0 Å². The zero-order valence-corrected chi connectivity index (χ0v) is 15.5. The third-order valence-electron chi connectivity index (χ3n) is 6.98. The lowest BCUT2D eigenvalue weighted by molar-refractivity contribution is 0.530. The van der Waals surface area contributed by atoms with Gasteiger partial charge < -0.3 is 10.6 Å². The number of aryl methyl sites for hydroxylation is 1. The van der Waals surface area contributed by atoms with Gasteiger partial charge in [0, 0.05) is 42.4 Å². The molecule has 1 aromatic carbocycles. The van der Waals surface area contributed by atoms with Crippen LogP contribution in [0.3, 0.4) is 0 Å². The Hall–Kier alpha value is -2.87. The van der Waals surface area contributed by atoms with Crippen LogP contribution in [0.4, 0.5) is 19.0 Å². The van der Waals surface area contributed by atoms with Crippen LogP contribution in [0.2, 0.25) is 0 Å². The van der Waals surface area contributed by atoms with Crippen LogP contribution >= 0.6 is 0 Å². The molecule has 0 amide bonds. The van der Waals surface area contributed by atoms with E-state index in [-0.39, 0.29) is 39.4 Å². The zero-order valence-electron chi connectivity index (χ0n) is 15.5. The van der Waals surface area contributed by atoms with E-state index in [2.05, 4.69) is 4.98 Å². The molecule has 3 aliphatic rings. The molecule has 3 fully saturated rings. The molecule has 6 rings (SSSR count). The van der Waals surface area contributed by atoms with Gasteiger partial charge in [0.2, 0.25) is 0 Å². The van der Waals surface area contributed by atoms with Crippen molar-refractivity contribution < 1.29 is 13.2 Å². The van der Waals surface area contributed by atoms with Crippen LogP contribution in [-0.2, 0) is 0 Å². The van der Waals surface area contributed by atoms with E-state index >= 15 is 0 Å². The Labute approximate surface area is 163 Å². The normalized spacial score (nSPS) is 29.1. The minimum Gasteiger partial charge on any atom is -0.353 e. The number of nitrogens with zero attached hydrogens (tertiary/aromatic N) is 3. The molecule has 2 saturated carbocycles. The molecule has 0 bridgehead atoms. The SMILES string of the molecule is Cc1cn(-c2ccc(F)cc2F)c2nc(N3CC4C5C(N)C45C3)c(F)cc2c1=O. The van der Waals surface area contributed by atoms with Crippen molar-refractivity contribution in [2.24, 2.45) is 23.0 Å². The lowest BCUT2D eigenvalue weighted by Crippen LogP contribution is -2.25. The van der Waals surface area contributed by atoms with E-state index in [9.17, 15) is 18.0 Å². The monoisotopic (exact) mass is 398 g/mol. The fourth-order valence-corrected chi connectivity index (χ4v) is 5.31. The Morgan fingerprint density at radius 2 is 2.00 bits per heavy atom. The van der Waals surface area contributed by atoms with Crippen LogP contribution in [0, 0.1) is 41.6 Å². The number of hydrogen-bond acceptors (Lipinski definition) is 4. The van der Waals surface area contributed by atoms with E-state index in [4.69, 9.17) is 5.73 Å². The Morgan fingerprint density at radius 3 is 2.69 bits per heavy atom. The maximum Gasteiger partial charge on any atom is 0.194 e. The number of nitrogens with two attached hydrogens (primary N) is 1. The van der Waals surface area contributed by atoms with E-state index in [0.717, 1.165) is 18.2 Å². The number of aromatic nitrogens is 2. The van der Waals surface area contributed by atoms with Crippen molar-refractivity contribution in [3.63, 3.8) is 0 Å². The summed E-state index contributed by atoms with van der Waals surface area (Å²) in [5, 5.41) is 0.0542. The standard InChI is InChI=1S/C21H17F3N4O/c1-9-6-28(15-3-2-10(22)4-13(15)23)19-11(17(9)29)5-14(24)20(26-19)27-7-12-16-18(25)21(12,16)8-27/h2-6,12,16,18H,7-8,25H2,1H3. The Balaban J connectivity index is 1.55. The third kappa shape index (κ3) is 2.04. The van der Waals surface area contributed by atoms with Gasteiger partial charge >= 0.3 is 0 Å². The summed E-state index contributed by atoms with van der Waals surface area (Å²) in [5.74, 6) is -0.944. The minimum absolute atomic E-state index is 0.0386. The second-order valence-electron chi connectivity index (χ2n) is 8.42. The fourth-order valence-electron chi connectivity index (χ4n) is 5.31. The highest BCUT2D eigenvalue weighted by Gasteiger charge is 2.87. The van der Waals surface area contributed by atoms with Crippen molar-refractivity contribution in [2.75, 3.05) is 18.0 Å². The molecule has 4 atom stereocenters. The summed E-state index contributed by atoms with van der Waals surface area (Å²) in [7, 11) is 0. The summed E-state index contributed by atoms with van der Waals surface area (Å²) in [6.45, 7) is 2.88. The largest absolute Gasteiger partial charge is 0.353 e. The van der Waals surface area contributed by atoms with Crippen molar-refractivity contribution in [2.45, 2.75) is 13.0 Å². The van der Waals surface area contributed by atoms with Gasteiger partial charge in [-0.1, -0.05) is 0 Å². The van der Waals surface area contributed by atoms with Gasteiger partial charge in [-0.25, -0.2) is 18.2 Å². The first-order valence-corrected chi connectivity index (χ1v) is 9.51. The predicted octanol–water partition coefficient (Wildman–Crippen LogP) is 2.50. The van der Waals surface area contributed by atoms with E-state index in [1.807, 2.05) is 4.90 Å². The van der Waals surface area contributed by atoms with Gasteiger partial charge in [0.15, 0.2) is 22.7 Å². The molecule has 3 aromatic rings. The van der Waals surface area contributed by atoms with Crippen molar-refractivity contribution in [3.05, 3.63) is 63.7 Å². The molecule has 2 N–H and O–H groups in total. The summed E-state index contributed by atoms with van der Waals surface area (Å²) in [4.78, 5) is 18.9. The smallest absolute Gasteiger partial charge is 0.194 e. The second kappa shape index (κ2) is 5.18. The molecule has 2 aliphatic carbocycles. The molecule has 5 nitrogen and oxygen atoms in total. The molecule has 1 aliphatic heterocycles. The van der Waals surface area contributed by atoms with Gasteiger partial charge in [-0.2, -0.15) is 0 Å². The molecule has 0 radical (unpaired) electrons. The van der Waals surface area contributed by atoms with Crippen LogP contribution in [0.15, 0.2) is 35.3 Å². The predicted molar refractivity (Wildman–Crippen MR) is 102 cm³/mol. The second-order valence-corrected chi connectivity index (χ2v) is 8.42. The van der Waals surface area contributed by atoms with Crippen molar-refractivity contribution in [3.8, 4) is 5.69 Å². The van der Waals surface area contributed by atoms with E-state index in [0.29, 0.717) is 30.5 Å². The van der Waals surface area contributed by atoms with Crippen LogP contribution in [0.5, 0.6) is 0 Å². The average Bonchev–Trinajstić information content (AvgIpc) is 3.45. The quantitative estimate of drug-likeness (QED) is 0.721. The first-order chi connectivity index (χ1) is 13.8. The molecule has 1 saturated heterocycles. The van der Waals surface area contributed by atoms with Gasteiger partial charge in [0.1, 0.15) is 11.6 Å². The Morgan fingerprint density at radius 1 is 1.21 bits per heavy atom. The summed E-state index contributed by atoms with van der Waals surface area (Å²) >= 11 is 0. The van der Waals surface area contributed by atoms with Crippen LogP contribution in [0.25, 0.3) is 16.7 Å². The molecule has 2 aromatic heterocycles. The number of fused-ring (bicyclic) bond motifs is 2. The van der Waals surface area contributed by atoms with Crippen molar-refractivity contribution in [1.82, 2.24) is 9.55 Å².